The average molecular weight is 385 g/mol. The smallest absolute Gasteiger partial charge is 0.247 e. The molecule has 0 aromatic heterocycles. The first-order valence-electron chi connectivity index (χ1n) is 9.47. The predicted molar refractivity (Wildman–Crippen MR) is 115 cm³/mol. The average Bonchev–Trinajstić information content (AvgIpc) is 2.58. The van der Waals surface area contributed by atoms with Gasteiger partial charge >= 0.3 is 0 Å². The van der Waals surface area contributed by atoms with E-state index in [1.807, 2.05) is 14.0 Å². The fourth-order valence-electron chi connectivity index (χ4n) is 0.889. The van der Waals surface area contributed by atoms with Gasteiger partial charge in [-0.1, -0.05) is 33.8 Å². The fourth-order valence-corrected chi connectivity index (χ4v) is 0.889. The van der Waals surface area contributed by atoms with Gasteiger partial charge in [0.25, 0.3) is 0 Å². The number of rotatable bonds is 8. The van der Waals surface area contributed by atoms with E-state index in [4.69, 9.17) is 0 Å². The van der Waals surface area contributed by atoms with Crippen molar-refractivity contribution in [3.05, 3.63) is 25.8 Å². The van der Waals surface area contributed by atoms with Gasteiger partial charge in [0.05, 0.1) is 6.67 Å². The summed E-state index contributed by atoms with van der Waals surface area (Å²) in [4.78, 5) is 0. The molecule has 5 heteroatoms. The van der Waals surface area contributed by atoms with Gasteiger partial charge < -0.3 is 10.6 Å². The van der Waals surface area contributed by atoms with Crippen LogP contribution in [-0.2, 0) is 0 Å². The molecule has 0 radical (unpaired) electrons. The molecule has 0 aliphatic rings. The molecule has 0 bridgehead atoms. The Bertz CT molecular complexity index is 226. The van der Waals surface area contributed by atoms with Gasteiger partial charge in [0, 0.05) is 12.0 Å². The highest BCUT2D eigenvalue weighted by molar-refractivity contribution is 4.61. The highest BCUT2D eigenvalue weighted by Gasteiger charge is 2.25. The molecule has 2 nitrogen and oxygen atoms in total. The molecule has 1 atom stereocenters. The Morgan fingerprint density at radius 2 is 1.46 bits per heavy atom. The lowest BCUT2D eigenvalue weighted by Gasteiger charge is -2.12. The molecule has 0 aromatic carbocycles. The highest BCUT2D eigenvalue weighted by Crippen LogP contribution is 2.21. The van der Waals surface area contributed by atoms with Crippen molar-refractivity contribution in [3.8, 4) is 0 Å². The minimum atomic E-state index is -2.50. The van der Waals surface area contributed by atoms with Crippen molar-refractivity contribution >= 4 is 0 Å². The first-order chi connectivity index (χ1) is 12.1. The zero-order valence-electron chi connectivity index (χ0n) is 18.7. The van der Waals surface area contributed by atoms with Crippen LogP contribution in [0.1, 0.15) is 67.7 Å². The molecule has 162 valence electrons. The van der Waals surface area contributed by atoms with Crippen molar-refractivity contribution in [3.63, 3.8) is 0 Å². The lowest BCUT2D eigenvalue weighted by atomic mass is 10.1. The monoisotopic (exact) mass is 384 g/mol. The second-order valence-electron chi connectivity index (χ2n) is 5.89. The minimum absolute atomic E-state index is 0.179. The third kappa shape index (κ3) is 56.7. The summed E-state index contributed by atoms with van der Waals surface area (Å²) in [5.41, 5.74) is 0. The predicted octanol–water partition coefficient (Wildman–Crippen LogP) is 6.64. The molecule has 26 heavy (non-hydrogen) atoms. The molecule has 0 heterocycles. The molecule has 0 aliphatic carbocycles. The van der Waals surface area contributed by atoms with Gasteiger partial charge in [-0.05, 0) is 60.2 Å². The normalized spacial score (nSPS) is 10.5. The van der Waals surface area contributed by atoms with Gasteiger partial charge in [0.15, 0.2) is 0 Å². The number of alkyl halides is 3. The molecule has 0 amide bonds. The van der Waals surface area contributed by atoms with Crippen molar-refractivity contribution in [1.82, 2.24) is 10.6 Å². The molecule has 0 saturated heterocycles. The van der Waals surface area contributed by atoms with Crippen molar-refractivity contribution in [2.45, 2.75) is 79.7 Å². The Hall–Kier alpha value is -0.810. The number of halogens is 3. The van der Waals surface area contributed by atoms with Crippen LogP contribution in [0, 0.1) is 5.92 Å². The first-order valence-corrected chi connectivity index (χ1v) is 9.47. The van der Waals surface area contributed by atoms with Crippen LogP contribution in [0.15, 0.2) is 25.8 Å². The van der Waals surface area contributed by atoms with E-state index in [0.29, 0.717) is 12.5 Å². The summed E-state index contributed by atoms with van der Waals surface area (Å²) in [6, 6.07) is 0.699. The van der Waals surface area contributed by atoms with Crippen LogP contribution >= 0.6 is 0 Å². The maximum absolute atomic E-state index is 11.8. The molecule has 0 aliphatic heterocycles. The Balaban J connectivity index is -0.0000000753. The second-order valence-corrected chi connectivity index (χ2v) is 5.89. The summed E-state index contributed by atoms with van der Waals surface area (Å²) in [5.74, 6) is -3.03. The second kappa shape index (κ2) is 31.9. The Morgan fingerprint density at radius 3 is 1.62 bits per heavy atom. The Labute approximate surface area is 162 Å². The van der Waals surface area contributed by atoms with Crippen LogP contribution in [-0.4, -0.2) is 38.8 Å². The topological polar surface area (TPSA) is 24.1 Å². The van der Waals surface area contributed by atoms with E-state index in [9.17, 15) is 13.2 Å². The standard InChI is InChI=1S/C6H15N.C5H10F2.C5H12FN.C3H6.C2H4/c1-4-6(3)7-5-2;1-4(2)5(3,6)7;1-7-5-3-2-4-6;1-3-2;1-2/h6-7H,4-5H2,1-3H3;4H,1-3H3;7H,2-5H2,1H3;3H,1H2,2H3;1-2H2. The fraction of sp³-hybridized carbons (Fsp3) is 0.810. The van der Waals surface area contributed by atoms with E-state index in [-0.39, 0.29) is 6.67 Å². The molecular formula is C21H47F3N2. The summed E-state index contributed by atoms with van der Waals surface area (Å²) in [6.07, 6.45) is 4.63. The zero-order valence-corrected chi connectivity index (χ0v) is 18.7. The van der Waals surface area contributed by atoms with Gasteiger partial charge in [-0.2, -0.15) is 0 Å². The minimum Gasteiger partial charge on any atom is -0.320 e. The van der Waals surface area contributed by atoms with Crippen molar-refractivity contribution in [2.75, 3.05) is 26.8 Å². The van der Waals surface area contributed by atoms with Crippen molar-refractivity contribution < 1.29 is 13.2 Å². The summed E-state index contributed by atoms with van der Waals surface area (Å²) in [6.45, 7) is 23.5. The number of unbranched alkanes of at least 4 members (excludes halogenated alkanes) is 1. The lowest BCUT2D eigenvalue weighted by molar-refractivity contribution is -0.0251. The van der Waals surface area contributed by atoms with Crippen LogP contribution in [0.4, 0.5) is 13.2 Å². The van der Waals surface area contributed by atoms with Crippen molar-refractivity contribution in [1.29, 1.82) is 0 Å². The summed E-state index contributed by atoms with van der Waals surface area (Å²) in [5, 5.41) is 6.23. The highest BCUT2D eigenvalue weighted by atomic mass is 19.3. The number of hydrogen-bond donors (Lipinski definition) is 2. The first kappa shape index (κ1) is 36.2. The SMILES string of the molecule is C=C.C=CC.CC(C)C(C)(F)F.CCNC(C)CC.CNCCCCF. The van der Waals surface area contributed by atoms with E-state index in [0.717, 1.165) is 26.4 Å². The molecule has 0 aromatic rings. The van der Waals surface area contributed by atoms with Crippen LogP contribution in [0.3, 0.4) is 0 Å². The van der Waals surface area contributed by atoms with E-state index >= 15 is 0 Å². The van der Waals surface area contributed by atoms with Gasteiger partial charge in [0.2, 0.25) is 5.92 Å². The largest absolute Gasteiger partial charge is 0.320 e. The quantitative estimate of drug-likeness (QED) is 0.362. The molecule has 2 N–H and O–H groups in total. The molecule has 0 rings (SSSR count). The van der Waals surface area contributed by atoms with Crippen LogP contribution in [0.2, 0.25) is 0 Å². The third-order valence-corrected chi connectivity index (χ3v) is 2.99. The van der Waals surface area contributed by atoms with E-state index in [2.05, 4.69) is 51.1 Å². The molecule has 1 unspecified atom stereocenters. The molecular weight excluding hydrogens is 337 g/mol. The van der Waals surface area contributed by atoms with Gasteiger partial charge in [-0.25, -0.2) is 8.78 Å². The van der Waals surface area contributed by atoms with Crippen LogP contribution in [0.5, 0.6) is 0 Å². The number of nitrogens with one attached hydrogen (secondary N) is 2. The van der Waals surface area contributed by atoms with E-state index in [1.165, 1.54) is 20.3 Å². The Kier molecular flexibility index (Phi) is 44.4. The molecule has 0 saturated carbocycles. The maximum Gasteiger partial charge on any atom is 0.247 e. The number of hydrogen-bond acceptors (Lipinski definition) is 2. The van der Waals surface area contributed by atoms with Gasteiger partial charge in [-0.3, -0.25) is 4.39 Å². The number of allylic oxidation sites excluding steroid dienone is 1. The zero-order chi connectivity index (χ0) is 22.0. The van der Waals surface area contributed by atoms with Crippen LogP contribution in [0.25, 0.3) is 0 Å². The third-order valence-electron chi connectivity index (χ3n) is 2.99. The van der Waals surface area contributed by atoms with Gasteiger partial charge in [-0.15, -0.1) is 19.7 Å². The van der Waals surface area contributed by atoms with E-state index < -0.39 is 11.8 Å². The summed E-state index contributed by atoms with van der Waals surface area (Å²) in [7, 11) is 1.87. The van der Waals surface area contributed by atoms with Gasteiger partial charge in [0.1, 0.15) is 0 Å². The van der Waals surface area contributed by atoms with E-state index in [1.54, 1.807) is 6.08 Å². The lowest BCUT2D eigenvalue weighted by Crippen LogP contribution is -2.24. The Morgan fingerprint density at radius 1 is 1.08 bits per heavy atom. The maximum atomic E-state index is 11.8. The molecule has 0 fully saturated rings. The summed E-state index contributed by atoms with van der Waals surface area (Å²) < 4.78 is 35.0. The molecule has 0 spiro atoms. The summed E-state index contributed by atoms with van der Waals surface area (Å²) >= 11 is 0. The van der Waals surface area contributed by atoms with Crippen LogP contribution < -0.4 is 10.6 Å². The van der Waals surface area contributed by atoms with Crippen molar-refractivity contribution in [2.24, 2.45) is 5.92 Å².